The summed E-state index contributed by atoms with van der Waals surface area (Å²) in [7, 11) is 0. The summed E-state index contributed by atoms with van der Waals surface area (Å²) < 4.78 is 2.23. The number of hydrogen-bond donors (Lipinski definition) is 1. The smallest absolute Gasteiger partial charge is 0.113 e. The summed E-state index contributed by atoms with van der Waals surface area (Å²) in [5.74, 6) is 0. The van der Waals surface area contributed by atoms with Gasteiger partial charge in [0, 0.05) is 29.4 Å². The molecular formula is C14H20N4S. The van der Waals surface area contributed by atoms with Crippen molar-refractivity contribution in [2.45, 2.75) is 51.7 Å². The summed E-state index contributed by atoms with van der Waals surface area (Å²) in [6, 6.07) is 1.04. The van der Waals surface area contributed by atoms with Gasteiger partial charge in [-0.1, -0.05) is 0 Å². The molecule has 19 heavy (non-hydrogen) atoms. The van der Waals surface area contributed by atoms with Crippen LogP contribution in [0.3, 0.4) is 0 Å². The lowest BCUT2D eigenvalue weighted by atomic mass is 9.97. The molecule has 1 N–H and O–H groups in total. The van der Waals surface area contributed by atoms with Crippen LogP contribution in [-0.2, 0) is 6.54 Å². The van der Waals surface area contributed by atoms with Gasteiger partial charge in [0.25, 0.3) is 0 Å². The van der Waals surface area contributed by atoms with Gasteiger partial charge >= 0.3 is 0 Å². The lowest BCUT2D eigenvalue weighted by Gasteiger charge is -2.29. The van der Waals surface area contributed by atoms with E-state index in [9.17, 15) is 0 Å². The number of imidazole rings is 1. The van der Waals surface area contributed by atoms with Crippen molar-refractivity contribution >= 4 is 11.3 Å². The Morgan fingerprint density at radius 1 is 1.47 bits per heavy atom. The Bertz CT molecular complexity index is 545. The van der Waals surface area contributed by atoms with Crippen LogP contribution < -0.4 is 5.32 Å². The maximum Gasteiger partial charge on any atom is 0.113 e. The first-order valence-corrected chi connectivity index (χ1v) is 7.77. The highest BCUT2D eigenvalue weighted by Gasteiger charge is 2.22. The summed E-state index contributed by atoms with van der Waals surface area (Å²) in [5, 5.41) is 6.93. The predicted molar refractivity (Wildman–Crippen MR) is 77.4 cm³/mol. The van der Waals surface area contributed by atoms with E-state index in [-0.39, 0.29) is 0 Å². The number of hydrogen-bond acceptors (Lipinski definition) is 4. The summed E-state index contributed by atoms with van der Waals surface area (Å²) in [5.41, 5.74) is 2.39. The highest BCUT2D eigenvalue weighted by molar-refractivity contribution is 7.09. The predicted octanol–water partition coefficient (Wildman–Crippen LogP) is 2.90. The average molecular weight is 276 g/mol. The fourth-order valence-corrected chi connectivity index (χ4v) is 3.52. The second-order valence-electron chi connectivity index (χ2n) is 5.38. The number of rotatable bonds is 3. The van der Waals surface area contributed by atoms with Gasteiger partial charge in [0.2, 0.25) is 0 Å². The quantitative estimate of drug-likeness (QED) is 0.937. The fourth-order valence-electron chi connectivity index (χ4n) is 2.75. The third-order valence-corrected chi connectivity index (χ3v) is 4.64. The Morgan fingerprint density at radius 2 is 2.37 bits per heavy atom. The molecule has 1 saturated heterocycles. The highest BCUT2D eigenvalue weighted by Crippen LogP contribution is 2.26. The molecule has 1 aliphatic heterocycles. The van der Waals surface area contributed by atoms with Crippen LogP contribution in [0.1, 0.15) is 48.6 Å². The Morgan fingerprint density at radius 3 is 3.11 bits per heavy atom. The molecule has 3 heterocycles. The molecule has 0 aromatic carbocycles. The van der Waals surface area contributed by atoms with Gasteiger partial charge in [-0.3, -0.25) is 0 Å². The van der Waals surface area contributed by atoms with Crippen LogP contribution in [0.2, 0.25) is 0 Å². The second-order valence-corrected chi connectivity index (χ2v) is 6.32. The molecule has 0 amide bonds. The lowest BCUT2D eigenvalue weighted by Crippen LogP contribution is -2.35. The van der Waals surface area contributed by atoms with E-state index in [0.29, 0.717) is 12.1 Å². The van der Waals surface area contributed by atoms with E-state index in [1.807, 2.05) is 19.4 Å². The molecule has 2 aromatic heterocycles. The van der Waals surface area contributed by atoms with Crippen LogP contribution in [-0.4, -0.2) is 20.6 Å². The van der Waals surface area contributed by atoms with E-state index in [1.165, 1.54) is 25.0 Å². The summed E-state index contributed by atoms with van der Waals surface area (Å²) in [6.07, 6.45) is 7.69. The van der Waals surface area contributed by atoms with Crippen molar-refractivity contribution in [3.8, 4) is 0 Å². The maximum absolute atomic E-state index is 4.54. The molecule has 0 saturated carbocycles. The first kappa shape index (κ1) is 12.8. The van der Waals surface area contributed by atoms with Crippen LogP contribution >= 0.6 is 11.3 Å². The molecule has 102 valence electrons. The minimum atomic E-state index is 0.437. The molecule has 0 aliphatic carbocycles. The van der Waals surface area contributed by atoms with Gasteiger partial charge in [-0.05, 0) is 33.1 Å². The Kier molecular flexibility index (Phi) is 3.66. The van der Waals surface area contributed by atoms with Crippen LogP contribution in [0.15, 0.2) is 17.9 Å². The van der Waals surface area contributed by atoms with Gasteiger partial charge in [0.1, 0.15) is 5.01 Å². The SMILES string of the molecule is Cc1csc(Cn2cncc2C2CCCC(C)N2)n1. The molecule has 0 radical (unpaired) electrons. The summed E-state index contributed by atoms with van der Waals surface area (Å²) in [4.78, 5) is 8.86. The Hall–Kier alpha value is -1.20. The van der Waals surface area contributed by atoms with Crippen LogP contribution in [0.25, 0.3) is 0 Å². The number of piperidine rings is 1. The van der Waals surface area contributed by atoms with Gasteiger partial charge in [-0.25, -0.2) is 9.97 Å². The number of nitrogens with one attached hydrogen (secondary N) is 1. The standard InChI is InChI=1S/C14H20N4S/c1-10-4-3-5-12(16-10)13-6-15-9-18(13)7-14-17-11(2)8-19-14/h6,8-10,12,16H,3-5,7H2,1-2H3. The third-order valence-electron chi connectivity index (χ3n) is 3.69. The minimum Gasteiger partial charge on any atom is -0.326 e. The van der Waals surface area contributed by atoms with Crippen molar-refractivity contribution in [1.82, 2.24) is 19.9 Å². The van der Waals surface area contributed by atoms with Gasteiger partial charge in [-0.2, -0.15) is 0 Å². The monoisotopic (exact) mass is 276 g/mol. The maximum atomic E-state index is 4.54. The number of thiazole rings is 1. The second kappa shape index (κ2) is 5.43. The highest BCUT2D eigenvalue weighted by atomic mass is 32.1. The van der Waals surface area contributed by atoms with Gasteiger partial charge in [-0.15, -0.1) is 11.3 Å². The summed E-state index contributed by atoms with van der Waals surface area (Å²) in [6.45, 7) is 5.14. The molecule has 2 atom stereocenters. The van der Waals surface area contributed by atoms with Crippen molar-refractivity contribution in [3.05, 3.63) is 34.3 Å². The lowest BCUT2D eigenvalue weighted by molar-refractivity contribution is 0.330. The fraction of sp³-hybridized carbons (Fsp3) is 0.571. The molecule has 3 rings (SSSR count). The molecule has 0 bridgehead atoms. The van der Waals surface area contributed by atoms with E-state index in [4.69, 9.17) is 0 Å². The van der Waals surface area contributed by atoms with E-state index < -0.39 is 0 Å². The minimum absolute atomic E-state index is 0.437. The van der Waals surface area contributed by atoms with E-state index in [0.717, 1.165) is 17.2 Å². The average Bonchev–Trinajstić information content (AvgIpc) is 2.99. The zero-order chi connectivity index (χ0) is 13.2. The molecule has 1 aliphatic rings. The van der Waals surface area contributed by atoms with Gasteiger partial charge in [0.15, 0.2) is 0 Å². The van der Waals surface area contributed by atoms with Crippen molar-refractivity contribution < 1.29 is 0 Å². The first-order valence-electron chi connectivity index (χ1n) is 6.89. The third kappa shape index (κ3) is 2.87. The van der Waals surface area contributed by atoms with Gasteiger partial charge in [0.05, 0.1) is 18.6 Å². The topological polar surface area (TPSA) is 42.7 Å². The molecule has 4 nitrogen and oxygen atoms in total. The molecule has 2 aromatic rings. The first-order chi connectivity index (χ1) is 9.22. The van der Waals surface area contributed by atoms with E-state index in [1.54, 1.807) is 11.3 Å². The molecule has 5 heteroatoms. The number of aromatic nitrogens is 3. The zero-order valence-corrected chi connectivity index (χ0v) is 12.3. The van der Waals surface area contributed by atoms with Crippen molar-refractivity contribution in [2.75, 3.05) is 0 Å². The molecular weight excluding hydrogens is 256 g/mol. The largest absolute Gasteiger partial charge is 0.326 e. The van der Waals surface area contributed by atoms with Crippen molar-refractivity contribution in [1.29, 1.82) is 0 Å². The van der Waals surface area contributed by atoms with Crippen molar-refractivity contribution in [2.24, 2.45) is 0 Å². The van der Waals surface area contributed by atoms with Crippen LogP contribution in [0, 0.1) is 6.92 Å². The Balaban J connectivity index is 1.78. The molecule has 2 unspecified atom stereocenters. The zero-order valence-electron chi connectivity index (χ0n) is 11.5. The summed E-state index contributed by atoms with van der Waals surface area (Å²) >= 11 is 1.72. The van der Waals surface area contributed by atoms with E-state index >= 15 is 0 Å². The van der Waals surface area contributed by atoms with E-state index in [2.05, 4.69) is 32.2 Å². The molecule has 0 spiro atoms. The van der Waals surface area contributed by atoms with Crippen LogP contribution in [0.5, 0.6) is 0 Å². The Labute approximate surface area is 117 Å². The molecule has 1 fully saturated rings. The van der Waals surface area contributed by atoms with Crippen molar-refractivity contribution in [3.63, 3.8) is 0 Å². The van der Waals surface area contributed by atoms with Crippen LogP contribution in [0.4, 0.5) is 0 Å². The normalized spacial score (nSPS) is 23.7. The number of aryl methyl sites for hydroxylation is 1. The van der Waals surface area contributed by atoms with Gasteiger partial charge < -0.3 is 9.88 Å². The number of nitrogens with zero attached hydrogens (tertiary/aromatic N) is 3.